The number of hydrogen-bond donors (Lipinski definition) is 2. The van der Waals surface area contributed by atoms with Gasteiger partial charge >= 0.3 is 0 Å². The third kappa shape index (κ3) is 4.88. The molecule has 2 N–H and O–H groups in total. The topological polar surface area (TPSA) is 139 Å². The van der Waals surface area contributed by atoms with Gasteiger partial charge in [-0.3, -0.25) is 34.2 Å². The van der Waals surface area contributed by atoms with Crippen molar-refractivity contribution in [3.63, 3.8) is 0 Å². The van der Waals surface area contributed by atoms with Crippen LogP contribution in [-0.4, -0.2) is 39.5 Å². The SMILES string of the molecule is CC[C@H](C(=O)N[C@@H](C(=O)Nc1c(C)cccc1C)c1cccc([N+](=O)[O-])c1)N1C(=O)c2ccccc2C1=O. The van der Waals surface area contributed by atoms with Crippen LogP contribution in [0.5, 0.6) is 0 Å². The van der Waals surface area contributed by atoms with Gasteiger partial charge in [-0.25, -0.2) is 0 Å². The van der Waals surface area contributed by atoms with Gasteiger partial charge in [0.15, 0.2) is 0 Å². The average molecular weight is 515 g/mol. The summed E-state index contributed by atoms with van der Waals surface area (Å²) in [6.07, 6.45) is 0.0947. The summed E-state index contributed by atoms with van der Waals surface area (Å²) >= 11 is 0. The molecule has 2 atom stereocenters. The van der Waals surface area contributed by atoms with Crippen LogP contribution in [0.15, 0.2) is 66.7 Å². The molecule has 3 aromatic rings. The number of nitro benzene ring substituents is 1. The summed E-state index contributed by atoms with van der Waals surface area (Å²) in [6, 6.07) is 14.6. The Morgan fingerprint density at radius 1 is 0.895 bits per heavy atom. The van der Waals surface area contributed by atoms with E-state index in [-0.39, 0.29) is 28.8 Å². The molecular formula is C28H26N4O6. The van der Waals surface area contributed by atoms with Crippen molar-refractivity contribution in [3.05, 3.63) is 105 Å². The van der Waals surface area contributed by atoms with Crippen LogP contribution >= 0.6 is 0 Å². The summed E-state index contributed by atoms with van der Waals surface area (Å²) < 4.78 is 0. The van der Waals surface area contributed by atoms with Crippen molar-refractivity contribution in [3.8, 4) is 0 Å². The highest BCUT2D eigenvalue weighted by Gasteiger charge is 2.42. The Morgan fingerprint density at radius 2 is 1.47 bits per heavy atom. The first-order valence-corrected chi connectivity index (χ1v) is 12.0. The Labute approximate surface area is 218 Å². The van der Waals surface area contributed by atoms with Gasteiger partial charge in [0.05, 0.1) is 16.1 Å². The predicted molar refractivity (Wildman–Crippen MR) is 140 cm³/mol. The van der Waals surface area contributed by atoms with Crippen LogP contribution in [0.2, 0.25) is 0 Å². The lowest BCUT2D eigenvalue weighted by atomic mass is 10.0. The minimum Gasteiger partial charge on any atom is -0.339 e. The number of non-ortho nitro benzene ring substituents is 1. The van der Waals surface area contributed by atoms with Crippen LogP contribution < -0.4 is 10.6 Å². The van der Waals surface area contributed by atoms with E-state index in [0.717, 1.165) is 16.0 Å². The monoisotopic (exact) mass is 514 g/mol. The number of imide groups is 1. The number of nitrogens with one attached hydrogen (secondary N) is 2. The molecule has 1 heterocycles. The standard InChI is InChI=1S/C28H26N4O6/c1-4-22(31-27(35)20-13-5-6-14-21(20)28(31)36)25(33)30-24(18-11-8-12-19(15-18)32(37)38)26(34)29-23-16(2)9-7-10-17(23)3/h5-15,22,24H,4H2,1-3H3,(H,29,34)(H,30,33)/t22-,24-/m1/s1. The van der Waals surface area contributed by atoms with Crippen LogP contribution in [0.4, 0.5) is 11.4 Å². The highest BCUT2D eigenvalue weighted by molar-refractivity contribution is 6.23. The number of carbonyl (C=O) groups is 4. The summed E-state index contributed by atoms with van der Waals surface area (Å²) in [5.41, 5.74) is 2.45. The summed E-state index contributed by atoms with van der Waals surface area (Å²) in [6.45, 7) is 5.28. The normalized spacial score (nSPS) is 14.0. The van der Waals surface area contributed by atoms with E-state index in [1.165, 1.54) is 36.4 Å². The predicted octanol–water partition coefficient (Wildman–Crippen LogP) is 4.08. The number of nitrogens with zero attached hydrogens (tertiary/aromatic N) is 2. The van der Waals surface area contributed by atoms with Crippen molar-refractivity contribution < 1.29 is 24.1 Å². The van der Waals surface area contributed by atoms with E-state index in [1.54, 1.807) is 19.1 Å². The van der Waals surface area contributed by atoms with Gasteiger partial charge in [-0.05, 0) is 49.1 Å². The zero-order valence-electron chi connectivity index (χ0n) is 21.1. The van der Waals surface area contributed by atoms with Gasteiger partial charge in [-0.15, -0.1) is 0 Å². The van der Waals surface area contributed by atoms with Crippen LogP contribution in [0.25, 0.3) is 0 Å². The van der Waals surface area contributed by atoms with Crippen molar-refractivity contribution in [1.82, 2.24) is 10.2 Å². The molecule has 0 saturated carbocycles. The summed E-state index contributed by atoms with van der Waals surface area (Å²) in [5.74, 6) is -2.57. The lowest BCUT2D eigenvalue weighted by molar-refractivity contribution is -0.384. The zero-order valence-corrected chi connectivity index (χ0v) is 21.1. The minimum absolute atomic E-state index is 0.0947. The van der Waals surface area contributed by atoms with Gasteiger partial charge in [-0.1, -0.05) is 49.4 Å². The van der Waals surface area contributed by atoms with Crippen molar-refractivity contribution >= 4 is 35.0 Å². The molecule has 4 amide bonds. The number of nitro groups is 1. The molecule has 0 bridgehead atoms. The van der Waals surface area contributed by atoms with Crippen LogP contribution in [0.1, 0.15) is 56.8 Å². The maximum absolute atomic E-state index is 13.5. The van der Waals surface area contributed by atoms with Gasteiger partial charge < -0.3 is 10.6 Å². The number of hydrogen-bond acceptors (Lipinski definition) is 6. The molecule has 10 nitrogen and oxygen atoms in total. The first-order chi connectivity index (χ1) is 18.1. The Bertz CT molecular complexity index is 1410. The Morgan fingerprint density at radius 3 is 2.03 bits per heavy atom. The molecule has 38 heavy (non-hydrogen) atoms. The maximum Gasteiger partial charge on any atom is 0.269 e. The fourth-order valence-corrected chi connectivity index (χ4v) is 4.54. The van der Waals surface area contributed by atoms with Gasteiger partial charge in [-0.2, -0.15) is 0 Å². The molecule has 3 aromatic carbocycles. The number of anilines is 1. The van der Waals surface area contributed by atoms with Gasteiger partial charge in [0, 0.05) is 17.8 Å². The van der Waals surface area contributed by atoms with E-state index in [2.05, 4.69) is 10.6 Å². The molecule has 1 aliphatic rings. The van der Waals surface area contributed by atoms with Crippen molar-refractivity contribution in [2.24, 2.45) is 0 Å². The second-order valence-corrected chi connectivity index (χ2v) is 9.00. The van der Waals surface area contributed by atoms with E-state index >= 15 is 0 Å². The fraction of sp³-hybridized carbons (Fsp3) is 0.214. The largest absolute Gasteiger partial charge is 0.339 e. The Kier molecular flexibility index (Phi) is 7.33. The summed E-state index contributed by atoms with van der Waals surface area (Å²) in [5, 5.41) is 16.8. The number of amides is 4. The third-order valence-corrected chi connectivity index (χ3v) is 6.52. The van der Waals surface area contributed by atoms with Gasteiger partial charge in [0.25, 0.3) is 23.4 Å². The molecule has 0 fully saturated rings. The van der Waals surface area contributed by atoms with Gasteiger partial charge in [0.2, 0.25) is 5.91 Å². The lowest BCUT2D eigenvalue weighted by Gasteiger charge is -2.27. The number of carbonyl (C=O) groups excluding carboxylic acids is 4. The average Bonchev–Trinajstić information content (AvgIpc) is 3.15. The van der Waals surface area contributed by atoms with E-state index in [9.17, 15) is 29.3 Å². The highest BCUT2D eigenvalue weighted by atomic mass is 16.6. The maximum atomic E-state index is 13.5. The number of aryl methyl sites for hydroxylation is 2. The summed E-state index contributed by atoms with van der Waals surface area (Å²) in [7, 11) is 0. The zero-order chi connectivity index (χ0) is 27.6. The molecule has 1 aliphatic heterocycles. The van der Waals surface area contributed by atoms with E-state index in [1.807, 2.05) is 32.0 Å². The van der Waals surface area contributed by atoms with Crippen LogP contribution in [-0.2, 0) is 9.59 Å². The molecule has 4 rings (SSSR count). The van der Waals surface area contributed by atoms with Gasteiger partial charge in [0.1, 0.15) is 12.1 Å². The van der Waals surface area contributed by atoms with E-state index in [0.29, 0.717) is 5.69 Å². The number of rotatable bonds is 8. The molecule has 194 valence electrons. The smallest absolute Gasteiger partial charge is 0.269 e. The molecule has 0 spiro atoms. The minimum atomic E-state index is -1.34. The second-order valence-electron chi connectivity index (χ2n) is 9.00. The number of fused-ring (bicyclic) bond motifs is 1. The quantitative estimate of drug-likeness (QED) is 0.264. The lowest BCUT2D eigenvalue weighted by Crippen LogP contribution is -2.51. The first kappa shape index (κ1) is 26.2. The Balaban J connectivity index is 1.68. The third-order valence-electron chi connectivity index (χ3n) is 6.52. The van der Waals surface area contributed by atoms with E-state index < -0.39 is 40.6 Å². The second kappa shape index (κ2) is 10.6. The van der Waals surface area contributed by atoms with E-state index in [4.69, 9.17) is 0 Å². The van der Waals surface area contributed by atoms with Crippen molar-refractivity contribution in [2.45, 2.75) is 39.3 Å². The van der Waals surface area contributed by atoms with Crippen molar-refractivity contribution in [1.29, 1.82) is 0 Å². The van der Waals surface area contributed by atoms with Crippen LogP contribution in [0, 0.1) is 24.0 Å². The molecule has 0 aromatic heterocycles. The molecule has 0 aliphatic carbocycles. The molecule has 0 radical (unpaired) electrons. The summed E-state index contributed by atoms with van der Waals surface area (Å²) in [4.78, 5) is 64.8. The molecule has 0 saturated heterocycles. The first-order valence-electron chi connectivity index (χ1n) is 12.0. The van der Waals surface area contributed by atoms with Crippen molar-refractivity contribution in [2.75, 3.05) is 5.32 Å². The van der Waals surface area contributed by atoms with Crippen LogP contribution in [0.3, 0.4) is 0 Å². The molecule has 10 heteroatoms. The molecule has 0 unspecified atom stereocenters. The number of para-hydroxylation sites is 1. The Hall–Kier alpha value is -4.86. The molecular weight excluding hydrogens is 488 g/mol. The number of benzene rings is 3. The fourth-order valence-electron chi connectivity index (χ4n) is 4.54. The highest BCUT2D eigenvalue weighted by Crippen LogP contribution is 2.28.